The molecule has 0 fully saturated rings. The molecule has 0 spiro atoms. The van der Waals surface area contributed by atoms with Gasteiger partial charge in [-0.05, 0) is 18.1 Å². The molecule has 0 radical (unpaired) electrons. The Bertz CT molecular complexity index is 412. The zero-order valence-electron chi connectivity index (χ0n) is 9.54. The number of hydrogen-bond acceptors (Lipinski definition) is 5. The average Bonchev–Trinajstić information content (AvgIpc) is 2.27. The van der Waals surface area contributed by atoms with Crippen LogP contribution in [-0.2, 0) is 0 Å². The highest BCUT2D eigenvalue weighted by atomic mass is 35.5. The molecule has 1 aromatic rings. The van der Waals surface area contributed by atoms with Crippen LogP contribution in [0.5, 0.6) is 11.5 Å². The Morgan fingerprint density at radius 1 is 1.59 bits per heavy atom. The number of benzene rings is 1. The van der Waals surface area contributed by atoms with Crippen molar-refractivity contribution in [3.63, 3.8) is 0 Å². The third kappa shape index (κ3) is 3.21. The number of methoxy groups -OCH3 is 1. The molecule has 0 saturated heterocycles. The summed E-state index contributed by atoms with van der Waals surface area (Å²) in [5, 5.41) is 20.2. The van der Waals surface area contributed by atoms with Crippen LogP contribution in [0.2, 0.25) is 0 Å². The van der Waals surface area contributed by atoms with Crippen LogP contribution in [-0.4, -0.2) is 17.1 Å². The van der Waals surface area contributed by atoms with E-state index >= 15 is 0 Å². The molecule has 96 valence electrons. The summed E-state index contributed by atoms with van der Waals surface area (Å²) in [7, 11) is 1.33. The van der Waals surface area contributed by atoms with Gasteiger partial charge < -0.3 is 15.6 Å². The molecule has 0 aliphatic carbocycles. The number of nitro benzene ring substituents is 1. The number of nitro groups is 1. The Balaban J connectivity index is 0.00000256. The zero-order chi connectivity index (χ0) is 12.3. The number of ether oxygens (including phenoxy) is 1. The lowest BCUT2D eigenvalue weighted by Crippen LogP contribution is -2.09. The number of phenols is 1. The van der Waals surface area contributed by atoms with Crippen molar-refractivity contribution in [2.24, 2.45) is 5.73 Å². The van der Waals surface area contributed by atoms with Crippen LogP contribution in [0, 0.1) is 10.1 Å². The van der Waals surface area contributed by atoms with Crippen molar-refractivity contribution in [2.75, 3.05) is 7.11 Å². The van der Waals surface area contributed by atoms with Gasteiger partial charge in [0.05, 0.1) is 12.0 Å². The Morgan fingerprint density at radius 3 is 2.59 bits per heavy atom. The summed E-state index contributed by atoms with van der Waals surface area (Å²) in [5.41, 5.74) is 5.96. The first-order chi connectivity index (χ1) is 7.51. The fourth-order valence-corrected chi connectivity index (χ4v) is 1.36. The second-order valence-electron chi connectivity index (χ2n) is 3.36. The Kier molecular flexibility index (Phi) is 5.70. The van der Waals surface area contributed by atoms with E-state index in [1.165, 1.54) is 19.2 Å². The maximum Gasteiger partial charge on any atom is 0.314 e. The van der Waals surface area contributed by atoms with Gasteiger partial charge >= 0.3 is 5.69 Å². The van der Waals surface area contributed by atoms with Gasteiger partial charge in [-0.3, -0.25) is 10.1 Å². The van der Waals surface area contributed by atoms with Crippen LogP contribution in [0.15, 0.2) is 12.1 Å². The van der Waals surface area contributed by atoms with E-state index in [4.69, 9.17) is 10.5 Å². The third-order valence-corrected chi connectivity index (χ3v) is 2.36. The summed E-state index contributed by atoms with van der Waals surface area (Å²) in [6, 6.07) is 2.47. The first-order valence-corrected chi connectivity index (χ1v) is 4.82. The molecule has 0 aromatic heterocycles. The molecule has 1 atom stereocenters. The van der Waals surface area contributed by atoms with Gasteiger partial charge in [0.25, 0.3) is 0 Å². The first-order valence-electron chi connectivity index (χ1n) is 4.82. The van der Waals surface area contributed by atoms with E-state index in [1.54, 1.807) is 0 Å². The molecule has 0 bridgehead atoms. The van der Waals surface area contributed by atoms with E-state index in [2.05, 4.69) is 0 Å². The van der Waals surface area contributed by atoms with Crippen molar-refractivity contribution in [1.29, 1.82) is 0 Å². The van der Waals surface area contributed by atoms with Crippen LogP contribution in [0.1, 0.15) is 24.9 Å². The van der Waals surface area contributed by atoms with Gasteiger partial charge in [0.15, 0.2) is 5.75 Å². The Hall–Kier alpha value is -1.53. The highest BCUT2D eigenvalue weighted by Crippen LogP contribution is 2.38. The average molecular weight is 263 g/mol. The SMILES string of the molecule is CC[C@H](N)c1cc(OC)c(O)c([N+](=O)[O-])c1.Cl. The van der Waals surface area contributed by atoms with Crippen molar-refractivity contribution >= 4 is 18.1 Å². The van der Waals surface area contributed by atoms with E-state index in [-0.39, 0.29) is 24.2 Å². The molecule has 6 nitrogen and oxygen atoms in total. The number of hydrogen-bond donors (Lipinski definition) is 2. The predicted molar refractivity (Wildman–Crippen MR) is 65.8 cm³/mol. The normalized spacial score (nSPS) is 11.5. The molecule has 0 aliphatic rings. The highest BCUT2D eigenvalue weighted by molar-refractivity contribution is 5.85. The van der Waals surface area contributed by atoms with E-state index < -0.39 is 16.4 Å². The lowest BCUT2D eigenvalue weighted by atomic mass is 10.0. The summed E-state index contributed by atoms with van der Waals surface area (Å²) in [6.07, 6.45) is 0.644. The lowest BCUT2D eigenvalue weighted by Gasteiger charge is -2.11. The smallest absolute Gasteiger partial charge is 0.314 e. The Labute approximate surface area is 105 Å². The van der Waals surface area contributed by atoms with E-state index in [0.29, 0.717) is 12.0 Å². The van der Waals surface area contributed by atoms with Crippen molar-refractivity contribution in [2.45, 2.75) is 19.4 Å². The molecule has 17 heavy (non-hydrogen) atoms. The molecule has 1 aromatic carbocycles. The van der Waals surface area contributed by atoms with E-state index in [0.717, 1.165) is 0 Å². The molecular formula is C10H15ClN2O4. The molecule has 0 heterocycles. The lowest BCUT2D eigenvalue weighted by molar-refractivity contribution is -0.386. The van der Waals surface area contributed by atoms with Crippen LogP contribution in [0.4, 0.5) is 5.69 Å². The monoisotopic (exact) mass is 262 g/mol. The molecule has 0 unspecified atom stereocenters. The van der Waals surface area contributed by atoms with Gasteiger partial charge in [-0.1, -0.05) is 6.92 Å². The number of nitrogens with two attached hydrogens (primary N) is 1. The third-order valence-electron chi connectivity index (χ3n) is 2.36. The summed E-state index contributed by atoms with van der Waals surface area (Å²) < 4.78 is 4.86. The van der Waals surface area contributed by atoms with Crippen LogP contribution < -0.4 is 10.5 Å². The van der Waals surface area contributed by atoms with Crippen LogP contribution in [0.3, 0.4) is 0 Å². The van der Waals surface area contributed by atoms with Crippen molar-refractivity contribution in [3.8, 4) is 11.5 Å². The minimum absolute atomic E-state index is 0. The zero-order valence-corrected chi connectivity index (χ0v) is 10.4. The molecule has 0 aliphatic heterocycles. The van der Waals surface area contributed by atoms with Gasteiger partial charge in [-0.25, -0.2) is 0 Å². The predicted octanol–water partition coefficient (Wildman–Crippen LogP) is 2.14. The maximum absolute atomic E-state index is 10.7. The minimum atomic E-state index is -0.663. The fraction of sp³-hybridized carbons (Fsp3) is 0.400. The first kappa shape index (κ1) is 15.5. The second kappa shape index (κ2) is 6.27. The van der Waals surface area contributed by atoms with E-state index in [1.807, 2.05) is 6.92 Å². The summed E-state index contributed by atoms with van der Waals surface area (Å²) in [5.74, 6) is -0.410. The van der Waals surface area contributed by atoms with Gasteiger partial charge in [0.2, 0.25) is 5.75 Å². The van der Waals surface area contributed by atoms with Gasteiger partial charge in [-0.15, -0.1) is 12.4 Å². The van der Waals surface area contributed by atoms with Crippen molar-refractivity contribution in [3.05, 3.63) is 27.8 Å². The summed E-state index contributed by atoms with van der Waals surface area (Å²) in [4.78, 5) is 10.0. The van der Waals surface area contributed by atoms with E-state index in [9.17, 15) is 15.2 Å². The molecular weight excluding hydrogens is 248 g/mol. The van der Waals surface area contributed by atoms with Crippen molar-refractivity contribution < 1.29 is 14.8 Å². The van der Waals surface area contributed by atoms with Gasteiger partial charge in [0.1, 0.15) is 0 Å². The standard InChI is InChI=1S/C10H14N2O4.ClH/c1-3-7(11)6-4-8(12(14)15)10(13)9(5-6)16-2;/h4-5,7,13H,3,11H2,1-2H3;1H/t7-;/m0./s1. The molecule has 0 amide bonds. The molecule has 7 heteroatoms. The number of phenolic OH excluding ortho intramolecular Hbond substituents is 1. The number of aromatic hydroxyl groups is 1. The number of rotatable bonds is 4. The Morgan fingerprint density at radius 2 is 2.18 bits per heavy atom. The minimum Gasteiger partial charge on any atom is -0.500 e. The maximum atomic E-state index is 10.7. The topological polar surface area (TPSA) is 98.6 Å². The second-order valence-corrected chi connectivity index (χ2v) is 3.36. The molecule has 3 N–H and O–H groups in total. The van der Waals surface area contributed by atoms with Crippen LogP contribution >= 0.6 is 12.4 Å². The largest absolute Gasteiger partial charge is 0.500 e. The quantitative estimate of drug-likeness (QED) is 0.640. The van der Waals surface area contributed by atoms with Gasteiger partial charge in [-0.2, -0.15) is 0 Å². The fourth-order valence-electron chi connectivity index (χ4n) is 1.36. The van der Waals surface area contributed by atoms with Crippen molar-refractivity contribution in [1.82, 2.24) is 0 Å². The summed E-state index contributed by atoms with van der Waals surface area (Å²) in [6.45, 7) is 1.87. The highest BCUT2D eigenvalue weighted by Gasteiger charge is 2.21. The number of halogens is 1. The molecule has 0 saturated carbocycles. The molecule has 1 rings (SSSR count). The van der Waals surface area contributed by atoms with Crippen LogP contribution in [0.25, 0.3) is 0 Å². The number of nitrogens with zero attached hydrogens (tertiary/aromatic N) is 1. The summed E-state index contributed by atoms with van der Waals surface area (Å²) >= 11 is 0. The van der Waals surface area contributed by atoms with Gasteiger partial charge in [0, 0.05) is 12.1 Å².